The molecule has 11 rings (SSSR count). The number of hydrogen-bond acceptors (Lipinski definition) is 14. The number of rotatable bonds is 20. The molecule has 5 saturated heterocycles. The molecule has 4 N–H and O–H groups in total. The lowest BCUT2D eigenvalue weighted by Crippen LogP contribution is -2.62. The fourth-order valence-electron chi connectivity index (χ4n) is 12.1. The van der Waals surface area contributed by atoms with E-state index in [4.69, 9.17) is 11.6 Å². The van der Waals surface area contributed by atoms with E-state index in [2.05, 4.69) is 61.5 Å². The molecule has 5 heterocycles. The molecule has 5 aromatic rings. The Kier molecular flexibility index (Phi) is 18.4. The van der Waals surface area contributed by atoms with E-state index in [9.17, 15) is 44.4 Å². The number of carbonyl (C=O) groups is 3. The number of sulfone groups is 1. The van der Waals surface area contributed by atoms with Crippen LogP contribution in [0.3, 0.4) is 0 Å². The van der Waals surface area contributed by atoms with Gasteiger partial charge in [0.1, 0.15) is 10.9 Å². The molecule has 83 heavy (non-hydrogen) atoms. The van der Waals surface area contributed by atoms with Gasteiger partial charge in [-0.05, 0) is 146 Å². The molecule has 0 radical (unpaired) electrons. The van der Waals surface area contributed by atoms with E-state index >= 15 is 0 Å². The number of hydrogen-bond donors (Lipinski definition) is 4. The smallest absolute Gasteiger partial charge is 0.380 e. The number of benzene rings is 5. The van der Waals surface area contributed by atoms with E-state index in [1.54, 1.807) is 12.1 Å². The number of carbonyl (C=O) groups excluding carboxylic acids is 3. The molecule has 5 fully saturated rings. The number of nitrogens with zero attached hydrogens (tertiary/aromatic N) is 4. The van der Waals surface area contributed by atoms with Crippen LogP contribution in [0.4, 0.5) is 30.2 Å². The summed E-state index contributed by atoms with van der Waals surface area (Å²) in [5.74, 6) is -1.32. The van der Waals surface area contributed by atoms with Crippen molar-refractivity contribution >= 4 is 83.6 Å². The highest BCUT2D eigenvalue weighted by atomic mass is 35.5. The number of piperidine rings is 3. The zero-order valence-corrected chi connectivity index (χ0v) is 49.7. The van der Waals surface area contributed by atoms with Crippen LogP contribution in [0.15, 0.2) is 142 Å². The van der Waals surface area contributed by atoms with Crippen molar-refractivity contribution in [2.75, 3.05) is 73.6 Å². The molecule has 15 nitrogen and oxygen atoms in total. The molecular weight excluding hydrogens is 1150 g/mol. The van der Waals surface area contributed by atoms with Gasteiger partial charge in [-0.25, -0.2) is 21.6 Å². The van der Waals surface area contributed by atoms with E-state index in [-0.39, 0.29) is 41.3 Å². The SMILES string of the molecule is CC1(C)CCC(c2ccc(Cl)cc2)=C(CN2CCN(c3ccc(C(=O)NS(=O)(=O)c4ccc(N[C@H](CCN5CC6CCC5CN6Cc5cccc(NC6CCC(=O)NC6=O)c5)CSc5ccccc5)c(S(=O)(=O)C(F)(F)F)c4)cc3)CC2)C1. The molecule has 22 heteroatoms. The van der Waals surface area contributed by atoms with Crippen molar-refractivity contribution < 1.29 is 44.4 Å². The summed E-state index contributed by atoms with van der Waals surface area (Å²) in [5.41, 5.74) is 0.720. The lowest BCUT2D eigenvalue weighted by atomic mass is 9.73. The number of anilines is 3. The molecule has 1 aliphatic carbocycles. The summed E-state index contributed by atoms with van der Waals surface area (Å²) in [4.78, 5) is 45.9. The van der Waals surface area contributed by atoms with Crippen LogP contribution < -0.4 is 25.6 Å². The maximum Gasteiger partial charge on any atom is 0.501 e. The fraction of sp³-hybridized carbons (Fsp3) is 0.426. The molecule has 0 spiro atoms. The van der Waals surface area contributed by atoms with E-state index in [1.165, 1.54) is 40.6 Å². The first-order chi connectivity index (χ1) is 39.6. The zero-order valence-electron chi connectivity index (χ0n) is 46.5. The van der Waals surface area contributed by atoms with Crippen LogP contribution in [0.5, 0.6) is 0 Å². The topological polar surface area (TPSA) is 181 Å². The Bertz CT molecular complexity index is 3440. The monoisotopic (exact) mass is 1210 g/mol. The lowest BCUT2D eigenvalue weighted by Gasteiger charge is -2.52. The number of thioether (sulfide) groups is 1. The second kappa shape index (κ2) is 25.3. The van der Waals surface area contributed by atoms with E-state index in [0.29, 0.717) is 42.8 Å². The largest absolute Gasteiger partial charge is 0.501 e. The van der Waals surface area contributed by atoms with Crippen LogP contribution in [-0.4, -0.2) is 137 Å². The molecule has 442 valence electrons. The maximum absolute atomic E-state index is 14.6. The van der Waals surface area contributed by atoms with E-state index in [1.807, 2.05) is 71.5 Å². The minimum Gasteiger partial charge on any atom is -0.380 e. The van der Waals surface area contributed by atoms with Crippen LogP contribution in [0.1, 0.15) is 86.7 Å². The molecule has 0 aromatic heterocycles. The lowest BCUT2D eigenvalue weighted by molar-refractivity contribution is -0.133. The normalized spacial score (nSPS) is 21.4. The van der Waals surface area contributed by atoms with Crippen molar-refractivity contribution in [3.8, 4) is 0 Å². The van der Waals surface area contributed by atoms with Gasteiger partial charge in [-0.3, -0.25) is 34.4 Å². The van der Waals surface area contributed by atoms with Gasteiger partial charge in [0.25, 0.3) is 25.8 Å². The summed E-state index contributed by atoms with van der Waals surface area (Å²) in [6, 6.07) is 33.6. The van der Waals surface area contributed by atoms with Gasteiger partial charge in [-0.15, -0.1) is 11.8 Å². The summed E-state index contributed by atoms with van der Waals surface area (Å²) in [5, 5.41) is 9.45. The highest BCUT2D eigenvalue weighted by Gasteiger charge is 2.49. The average molecular weight is 1220 g/mol. The molecule has 3 unspecified atom stereocenters. The number of halogens is 4. The van der Waals surface area contributed by atoms with Crippen LogP contribution in [0, 0.1) is 5.41 Å². The number of alkyl halides is 3. The number of piperazine rings is 2. The van der Waals surface area contributed by atoms with E-state index < -0.39 is 58.8 Å². The van der Waals surface area contributed by atoms with Gasteiger partial charge >= 0.3 is 5.51 Å². The van der Waals surface area contributed by atoms with Crippen molar-refractivity contribution in [3.63, 3.8) is 0 Å². The second-order valence-corrected chi connectivity index (χ2v) is 28.3. The molecule has 5 aliphatic heterocycles. The standard InChI is InChI=1S/C61H70ClF3N8O7S3/c1-60(2)27-25-53(42-11-15-45(62)16-12-42)44(35-60)37-70-29-31-71(32-30-70)48-17-13-43(14-18-48)58(75)69-83(79,80)52-21-22-54(56(34-52)82(77,78)61(63,64)65)67-47(40-81-51-9-4-3-5-10-51)26-28-72-38-50-20-19-49(72)39-73(50)36-41-7-6-8-46(33-41)66-55-23-24-57(74)68-59(55)76/h3-18,21-22,33-34,47,49-50,55,66-67H,19-20,23-32,35-40H2,1-2H3,(H,69,75)(H,68,74,76)/t47-,49?,50?,55?/m1/s1. The van der Waals surface area contributed by atoms with Crippen LogP contribution in [0.2, 0.25) is 5.02 Å². The molecule has 0 saturated carbocycles. The van der Waals surface area contributed by atoms with Crippen LogP contribution in [-0.2, 0) is 36.0 Å². The van der Waals surface area contributed by atoms with Crippen molar-refractivity contribution in [2.24, 2.45) is 5.41 Å². The third-order valence-electron chi connectivity index (χ3n) is 16.7. The molecule has 3 amide bonds. The first-order valence-electron chi connectivity index (χ1n) is 28.2. The zero-order chi connectivity index (χ0) is 58.7. The van der Waals surface area contributed by atoms with Gasteiger partial charge in [0, 0.05) is 116 Å². The number of sulfonamides is 1. The van der Waals surface area contributed by atoms with Gasteiger partial charge in [0.15, 0.2) is 0 Å². The van der Waals surface area contributed by atoms with Gasteiger partial charge in [-0.2, -0.15) is 13.2 Å². The highest BCUT2D eigenvalue weighted by molar-refractivity contribution is 7.99. The molecular formula is C61H70ClF3N8O7S3. The Morgan fingerprint density at radius 1 is 0.807 bits per heavy atom. The van der Waals surface area contributed by atoms with Crippen molar-refractivity contribution in [3.05, 3.63) is 149 Å². The minimum atomic E-state index is -6.13. The first-order valence-corrected chi connectivity index (χ1v) is 32.6. The summed E-state index contributed by atoms with van der Waals surface area (Å²) in [6.45, 7) is 11.3. The summed E-state index contributed by atoms with van der Waals surface area (Å²) < 4.78 is 100. The van der Waals surface area contributed by atoms with Gasteiger partial charge in [-0.1, -0.05) is 73.5 Å². The van der Waals surface area contributed by atoms with Gasteiger partial charge in [0.05, 0.1) is 10.6 Å². The number of nitrogens with one attached hydrogen (secondary N) is 4. The fourth-order valence-corrected chi connectivity index (χ4v) is 15.3. The third-order valence-corrected chi connectivity index (χ3v) is 21.0. The Morgan fingerprint density at radius 2 is 1.52 bits per heavy atom. The van der Waals surface area contributed by atoms with Gasteiger partial charge in [0.2, 0.25) is 11.8 Å². The summed E-state index contributed by atoms with van der Waals surface area (Å²) in [7, 11) is -11.0. The third kappa shape index (κ3) is 14.8. The molecule has 6 aliphatic rings. The highest BCUT2D eigenvalue weighted by Crippen LogP contribution is 2.43. The Morgan fingerprint density at radius 3 is 2.20 bits per heavy atom. The van der Waals surface area contributed by atoms with Gasteiger partial charge < -0.3 is 15.5 Å². The Balaban J connectivity index is 0.784. The maximum atomic E-state index is 14.6. The predicted molar refractivity (Wildman–Crippen MR) is 320 cm³/mol. The average Bonchev–Trinajstić information content (AvgIpc) is 3.63. The van der Waals surface area contributed by atoms with Crippen LogP contribution >= 0.6 is 23.4 Å². The number of amides is 3. The van der Waals surface area contributed by atoms with E-state index in [0.717, 1.165) is 112 Å². The predicted octanol–water partition coefficient (Wildman–Crippen LogP) is 10.1. The number of imide groups is 1. The van der Waals surface area contributed by atoms with Crippen LogP contribution in [0.25, 0.3) is 5.57 Å². The number of fused-ring (bicyclic) bond motifs is 3. The second-order valence-electron chi connectivity index (χ2n) is 23.2. The molecule has 5 aromatic carbocycles. The Hall–Kier alpha value is -5.94. The first kappa shape index (κ1) is 60.2. The number of allylic oxidation sites excluding steroid dienone is 1. The Labute approximate surface area is 493 Å². The molecule has 2 bridgehead atoms. The quantitative estimate of drug-likeness (QED) is 0.0427. The van der Waals surface area contributed by atoms with Crippen molar-refractivity contribution in [1.82, 2.24) is 24.7 Å². The molecule has 4 atom stereocenters. The van der Waals surface area contributed by atoms with Crippen molar-refractivity contribution in [1.29, 1.82) is 0 Å². The summed E-state index contributed by atoms with van der Waals surface area (Å²) in [6.07, 6.45) is 6.15. The summed E-state index contributed by atoms with van der Waals surface area (Å²) >= 11 is 7.67. The van der Waals surface area contributed by atoms with Crippen molar-refractivity contribution in [2.45, 2.75) is 116 Å². The minimum absolute atomic E-state index is 0.0151.